The number of thioether (sulfide) groups is 1. The van der Waals surface area contributed by atoms with E-state index in [1.807, 2.05) is 35.8 Å². The number of carbonyl (C=O) groups is 1. The minimum atomic E-state index is 0.196. The summed E-state index contributed by atoms with van der Waals surface area (Å²) in [6, 6.07) is 8.16. The van der Waals surface area contributed by atoms with Crippen LogP contribution in [0.1, 0.15) is 42.1 Å². The van der Waals surface area contributed by atoms with Crippen LogP contribution in [0, 0.1) is 5.92 Å². The van der Waals surface area contributed by atoms with Crippen molar-refractivity contribution in [2.75, 3.05) is 32.4 Å². The van der Waals surface area contributed by atoms with Gasteiger partial charge in [-0.2, -0.15) is 11.8 Å². The van der Waals surface area contributed by atoms with Crippen LogP contribution in [-0.4, -0.2) is 43.2 Å². The van der Waals surface area contributed by atoms with Crippen molar-refractivity contribution in [2.24, 2.45) is 5.92 Å². The SMILES string of the molecule is CCSCc1ccc(C(=O)N2CCC(CCNC)CC2)cc1. The van der Waals surface area contributed by atoms with E-state index < -0.39 is 0 Å². The summed E-state index contributed by atoms with van der Waals surface area (Å²) in [6.45, 7) is 5.06. The first-order valence-corrected chi connectivity index (χ1v) is 9.50. The minimum Gasteiger partial charge on any atom is -0.339 e. The second-order valence-corrected chi connectivity index (χ2v) is 7.24. The Hall–Kier alpha value is -1.00. The van der Waals surface area contributed by atoms with Gasteiger partial charge in [-0.05, 0) is 62.2 Å². The van der Waals surface area contributed by atoms with E-state index in [1.165, 1.54) is 12.0 Å². The van der Waals surface area contributed by atoms with Gasteiger partial charge in [-0.25, -0.2) is 0 Å². The van der Waals surface area contributed by atoms with E-state index in [1.54, 1.807) is 0 Å². The fourth-order valence-electron chi connectivity index (χ4n) is 2.92. The fourth-order valence-corrected chi connectivity index (χ4v) is 3.55. The molecule has 1 N–H and O–H groups in total. The Kier molecular flexibility index (Phi) is 7.26. The molecule has 0 unspecified atom stereocenters. The second-order valence-electron chi connectivity index (χ2n) is 5.96. The maximum absolute atomic E-state index is 12.6. The van der Waals surface area contributed by atoms with Crippen LogP contribution in [-0.2, 0) is 5.75 Å². The topological polar surface area (TPSA) is 32.3 Å². The third kappa shape index (κ3) is 5.03. The van der Waals surface area contributed by atoms with Gasteiger partial charge in [0.2, 0.25) is 0 Å². The average Bonchev–Trinajstić information content (AvgIpc) is 2.58. The Bertz CT molecular complexity index is 453. The van der Waals surface area contributed by atoms with Gasteiger partial charge < -0.3 is 10.2 Å². The van der Waals surface area contributed by atoms with Gasteiger partial charge in [-0.3, -0.25) is 4.79 Å². The summed E-state index contributed by atoms with van der Waals surface area (Å²) in [5.74, 6) is 3.12. The van der Waals surface area contributed by atoms with Crippen LogP contribution in [0.25, 0.3) is 0 Å². The lowest BCUT2D eigenvalue weighted by molar-refractivity contribution is 0.0687. The monoisotopic (exact) mass is 320 g/mol. The molecule has 22 heavy (non-hydrogen) atoms. The molecule has 0 atom stereocenters. The molecule has 1 aromatic carbocycles. The molecule has 4 heteroatoms. The van der Waals surface area contributed by atoms with Crippen molar-refractivity contribution in [3.63, 3.8) is 0 Å². The predicted molar refractivity (Wildman–Crippen MR) is 95.4 cm³/mol. The fraction of sp³-hybridized carbons (Fsp3) is 0.611. The first-order valence-electron chi connectivity index (χ1n) is 8.35. The van der Waals surface area contributed by atoms with Gasteiger partial charge in [0, 0.05) is 24.4 Å². The molecule has 1 fully saturated rings. The van der Waals surface area contributed by atoms with E-state index in [-0.39, 0.29) is 5.91 Å². The van der Waals surface area contributed by atoms with Crippen molar-refractivity contribution in [1.29, 1.82) is 0 Å². The first kappa shape index (κ1) is 17.4. The molecular weight excluding hydrogens is 292 g/mol. The van der Waals surface area contributed by atoms with Gasteiger partial charge in [0.15, 0.2) is 0 Å². The molecule has 1 aliphatic heterocycles. The van der Waals surface area contributed by atoms with E-state index in [2.05, 4.69) is 24.4 Å². The minimum absolute atomic E-state index is 0.196. The number of rotatable bonds is 7. The van der Waals surface area contributed by atoms with Crippen molar-refractivity contribution < 1.29 is 4.79 Å². The zero-order valence-electron chi connectivity index (χ0n) is 13.8. The molecule has 0 saturated carbocycles. The van der Waals surface area contributed by atoms with Gasteiger partial charge in [-0.15, -0.1) is 0 Å². The highest BCUT2D eigenvalue weighted by molar-refractivity contribution is 7.98. The number of amides is 1. The van der Waals surface area contributed by atoms with Crippen molar-refractivity contribution in [2.45, 2.75) is 31.9 Å². The van der Waals surface area contributed by atoms with Gasteiger partial charge in [0.25, 0.3) is 5.91 Å². The summed E-state index contributed by atoms with van der Waals surface area (Å²) in [6.07, 6.45) is 3.50. The Balaban J connectivity index is 1.84. The standard InChI is InChI=1S/C18H28N2OS/c1-3-22-14-16-4-6-17(7-5-16)18(21)20-12-9-15(10-13-20)8-11-19-2/h4-7,15,19H,3,8-14H2,1-2H3. The van der Waals surface area contributed by atoms with Crippen molar-refractivity contribution >= 4 is 17.7 Å². The summed E-state index contributed by atoms with van der Waals surface area (Å²) in [7, 11) is 2.00. The maximum atomic E-state index is 12.6. The van der Waals surface area contributed by atoms with Crippen LogP contribution in [0.2, 0.25) is 0 Å². The molecule has 2 rings (SSSR count). The van der Waals surface area contributed by atoms with Crippen molar-refractivity contribution in [3.8, 4) is 0 Å². The molecule has 0 radical (unpaired) electrons. The van der Waals surface area contributed by atoms with Crippen molar-refractivity contribution in [3.05, 3.63) is 35.4 Å². The smallest absolute Gasteiger partial charge is 0.253 e. The predicted octanol–water partition coefficient (Wildman–Crippen LogP) is 3.40. The maximum Gasteiger partial charge on any atom is 0.253 e. The third-order valence-corrected chi connectivity index (χ3v) is 5.32. The molecule has 1 aromatic rings. The number of nitrogens with one attached hydrogen (secondary N) is 1. The Morgan fingerprint density at radius 1 is 1.27 bits per heavy atom. The number of carbonyl (C=O) groups excluding carboxylic acids is 1. The van der Waals surface area contributed by atoms with Crippen LogP contribution >= 0.6 is 11.8 Å². The lowest BCUT2D eigenvalue weighted by atomic mass is 9.93. The lowest BCUT2D eigenvalue weighted by Crippen LogP contribution is -2.38. The highest BCUT2D eigenvalue weighted by Gasteiger charge is 2.23. The number of nitrogens with zero attached hydrogens (tertiary/aromatic N) is 1. The number of likely N-dealkylation sites (tertiary alicyclic amines) is 1. The highest BCUT2D eigenvalue weighted by atomic mass is 32.2. The molecule has 1 aliphatic rings. The molecule has 1 heterocycles. The second kappa shape index (κ2) is 9.21. The summed E-state index contributed by atoms with van der Waals surface area (Å²) in [5.41, 5.74) is 2.13. The van der Waals surface area contributed by atoms with Gasteiger partial charge in [-0.1, -0.05) is 19.1 Å². The highest BCUT2D eigenvalue weighted by Crippen LogP contribution is 2.22. The van der Waals surface area contributed by atoms with Crippen LogP contribution in [0.5, 0.6) is 0 Å². The molecule has 0 bridgehead atoms. The molecule has 3 nitrogen and oxygen atoms in total. The molecule has 1 amide bonds. The van der Waals surface area contributed by atoms with E-state index in [0.29, 0.717) is 0 Å². The summed E-state index contributed by atoms with van der Waals surface area (Å²) < 4.78 is 0. The summed E-state index contributed by atoms with van der Waals surface area (Å²) in [4.78, 5) is 14.6. The first-order chi connectivity index (χ1) is 10.7. The zero-order valence-corrected chi connectivity index (χ0v) is 14.6. The Labute approximate surface area is 138 Å². The summed E-state index contributed by atoms with van der Waals surface area (Å²) in [5, 5.41) is 3.21. The lowest BCUT2D eigenvalue weighted by Gasteiger charge is -2.32. The van der Waals surface area contributed by atoms with Crippen molar-refractivity contribution in [1.82, 2.24) is 10.2 Å². The van der Waals surface area contributed by atoms with E-state index in [9.17, 15) is 4.79 Å². The molecule has 122 valence electrons. The van der Waals surface area contributed by atoms with Gasteiger partial charge >= 0.3 is 0 Å². The largest absolute Gasteiger partial charge is 0.339 e. The third-order valence-electron chi connectivity index (χ3n) is 4.38. The average molecular weight is 321 g/mol. The summed E-state index contributed by atoms with van der Waals surface area (Å²) >= 11 is 1.91. The molecule has 0 spiro atoms. The van der Waals surface area contributed by atoms with Crippen LogP contribution in [0.4, 0.5) is 0 Å². The quantitative estimate of drug-likeness (QED) is 0.836. The molecule has 1 saturated heterocycles. The zero-order chi connectivity index (χ0) is 15.8. The number of benzene rings is 1. The van der Waals surface area contributed by atoms with E-state index >= 15 is 0 Å². The van der Waals surface area contributed by atoms with Crippen LogP contribution in [0.15, 0.2) is 24.3 Å². The molecule has 0 aliphatic carbocycles. The Morgan fingerprint density at radius 2 is 1.95 bits per heavy atom. The molecular formula is C18H28N2OS. The Morgan fingerprint density at radius 3 is 2.55 bits per heavy atom. The van der Waals surface area contributed by atoms with Gasteiger partial charge in [0.1, 0.15) is 0 Å². The normalized spacial score (nSPS) is 16.0. The van der Waals surface area contributed by atoms with E-state index in [4.69, 9.17) is 0 Å². The van der Waals surface area contributed by atoms with Crippen LogP contribution < -0.4 is 5.32 Å². The van der Waals surface area contributed by atoms with Crippen LogP contribution in [0.3, 0.4) is 0 Å². The van der Waals surface area contributed by atoms with E-state index in [0.717, 1.165) is 55.5 Å². The number of hydrogen-bond donors (Lipinski definition) is 1. The molecule has 0 aromatic heterocycles. The van der Waals surface area contributed by atoms with Gasteiger partial charge in [0.05, 0.1) is 0 Å². The number of piperidine rings is 1. The number of hydrogen-bond acceptors (Lipinski definition) is 3.